The summed E-state index contributed by atoms with van der Waals surface area (Å²) >= 11 is 0. The molecule has 0 amide bonds. The molecular formula is C16H15NSi. The van der Waals surface area contributed by atoms with E-state index in [1.165, 1.54) is 0 Å². The van der Waals surface area contributed by atoms with Gasteiger partial charge in [-0.2, -0.15) is 5.26 Å². The summed E-state index contributed by atoms with van der Waals surface area (Å²) in [7, 11) is -1.30. The van der Waals surface area contributed by atoms with E-state index in [0.717, 1.165) is 5.56 Å². The molecule has 0 N–H and O–H groups in total. The molecule has 0 saturated carbocycles. The summed E-state index contributed by atoms with van der Waals surface area (Å²) in [6, 6.07) is 9.43. The number of allylic oxidation sites excluding steroid dienone is 2. The van der Waals surface area contributed by atoms with Gasteiger partial charge in [0, 0.05) is 5.56 Å². The average molecular weight is 249 g/mol. The Bertz CT molecular complexity index is 605. The van der Waals surface area contributed by atoms with Gasteiger partial charge in [-0.25, -0.2) is 0 Å². The molecule has 2 heteroatoms. The van der Waals surface area contributed by atoms with E-state index in [-0.39, 0.29) is 0 Å². The van der Waals surface area contributed by atoms with Gasteiger partial charge in [0.05, 0.1) is 5.56 Å². The maximum atomic E-state index is 8.90. The highest BCUT2D eigenvalue weighted by Crippen LogP contribution is 2.04. The molecule has 0 spiro atoms. The summed E-state index contributed by atoms with van der Waals surface area (Å²) in [6.45, 7) is 6.59. The lowest BCUT2D eigenvalue weighted by Crippen LogP contribution is -2.16. The van der Waals surface area contributed by atoms with E-state index in [0.29, 0.717) is 5.56 Å². The summed E-state index contributed by atoms with van der Waals surface area (Å²) in [5, 5.41) is 8.90. The fraction of sp³-hybridized carbons (Fsp3) is 0.188. The zero-order valence-electron chi connectivity index (χ0n) is 10.9. The molecule has 0 aromatic heterocycles. The van der Waals surface area contributed by atoms with Gasteiger partial charge in [-0.05, 0) is 24.3 Å². The van der Waals surface area contributed by atoms with Crippen molar-refractivity contribution in [1.82, 2.24) is 0 Å². The number of benzene rings is 1. The smallest absolute Gasteiger partial charge is 0.129 e. The lowest BCUT2D eigenvalue weighted by atomic mass is 10.1. The van der Waals surface area contributed by atoms with Gasteiger partial charge in [-0.3, -0.25) is 0 Å². The highest BCUT2D eigenvalue weighted by molar-refractivity contribution is 6.83. The van der Waals surface area contributed by atoms with Crippen LogP contribution in [0.4, 0.5) is 0 Å². The van der Waals surface area contributed by atoms with Crippen LogP contribution in [-0.2, 0) is 0 Å². The van der Waals surface area contributed by atoms with Crippen molar-refractivity contribution < 1.29 is 0 Å². The second kappa shape index (κ2) is 6.50. The molecule has 0 radical (unpaired) electrons. The van der Waals surface area contributed by atoms with Gasteiger partial charge in [0.1, 0.15) is 14.1 Å². The largest absolute Gasteiger partial charge is 0.192 e. The third kappa shape index (κ3) is 5.22. The van der Waals surface area contributed by atoms with E-state index in [4.69, 9.17) is 5.26 Å². The third-order valence-electron chi connectivity index (χ3n) is 1.95. The predicted molar refractivity (Wildman–Crippen MR) is 78.3 cm³/mol. The maximum absolute atomic E-state index is 8.90. The fourth-order valence-electron chi connectivity index (χ4n) is 1.15. The van der Waals surface area contributed by atoms with Gasteiger partial charge >= 0.3 is 0 Å². The molecule has 0 bridgehead atoms. The SMILES string of the molecule is C[Si](C)(C)C#CC=CC#Cc1ccccc1C#N. The molecule has 1 aromatic rings. The Kier molecular flexibility index (Phi) is 5.01. The van der Waals surface area contributed by atoms with Crippen LogP contribution < -0.4 is 0 Å². The zero-order valence-corrected chi connectivity index (χ0v) is 11.9. The second-order valence-corrected chi connectivity index (χ2v) is 9.53. The second-order valence-electron chi connectivity index (χ2n) is 4.78. The first-order valence-electron chi connectivity index (χ1n) is 5.71. The number of nitriles is 1. The first kappa shape index (κ1) is 13.9. The van der Waals surface area contributed by atoms with Crippen molar-refractivity contribution in [2.45, 2.75) is 19.6 Å². The van der Waals surface area contributed by atoms with Crippen molar-refractivity contribution in [3.05, 3.63) is 47.5 Å². The molecule has 88 valence electrons. The van der Waals surface area contributed by atoms with E-state index in [1.807, 2.05) is 18.2 Å². The van der Waals surface area contributed by atoms with Crippen LogP contribution in [0.3, 0.4) is 0 Å². The summed E-state index contributed by atoms with van der Waals surface area (Å²) in [5.41, 5.74) is 4.58. The third-order valence-corrected chi connectivity index (χ3v) is 2.85. The summed E-state index contributed by atoms with van der Waals surface area (Å²) in [5.74, 6) is 8.84. The van der Waals surface area contributed by atoms with E-state index in [2.05, 4.69) is 49.0 Å². The summed E-state index contributed by atoms with van der Waals surface area (Å²) in [6.07, 6.45) is 3.49. The molecule has 0 atom stereocenters. The monoisotopic (exact) mass is 249 g/mol. The number of hydrogen-bond acceptors (Lipinski definition) is 1. The van der Waals surface area contributed by atoms with Crippen molar-refractivity contribution in [2.24, 2.45) is 0 Å². The van der Waals surface area contributed by atoms with Crippen LogP contribution in [0.2, 0.25) is 19.6 Å². The van der Waals surface area contributed by atoms with E-state index in [9.17, 15) is 0 Å². The quantitative estimate of drug-likeness (QED) is 0.511. The minimum Gasteiger partial charge on any atom is -0.192 e. The van der Waals surface area contributed by atoms with Gasteiger partial charge in [-0.1, -0.05) is 49.5 Å². The van der Waals surface area contributed by atoms with Crippen LogP contribution in [0, 0.1) is 34.6 Å². The number of nitrogens with zero attached hydrogens (tertiary/aromatic N) is 1. The lowest BCUT2D eigenvalue weighted by Gasteiger charge is -2.01. The Hall–Kier alpha value is -2.21. The topological polar surface area (TPSA) is 23.8 Å². The summed E-state index contributed by atoms with van der Waals surface area (Å²) < 4.78 is 0. The standard InChI is InChI=1S/C16H15NSi/c1-18(2,3)13-9-5-4-6-10-15-11-7-8-12-16(15)14-17/h4-5,7-8,11-12H,1-3H3. The van der Waals surface area contributed by atoms with Crippen LogP contribution in [0.1, 0.15) is 11.1 Å². The van der Waals surface area contributed by atoms with Gasteiger partial charge in [0.25, 0.3) is 0 Å². The van der Waals surface area contributed by atoms with E-state index >= 15 is 0 Å². The van der Waals surface area contributed by atoms with Crippen molar-refractivity contribution >= 4 is 8.07 Å². The highest BCUT2D eigenvalue weighted by Gasteiger charge is 2.06. The Morgan fingerprint density at radius 2 is 1.61 bits per heavy atom. The van der Waals surface area contributed by atoms with E-state index in [1.54, 1.807) is 18.2 Å². The van der Waals surface area contributed by atoms with Crippen molar-refractivity contribution in [3.8, 4) is 29.4 Å². The average Bonchev–Trinajstić information content (AvgIpc) is 2.32. The number of rotatable bonds is 0. The maximum Gasteiger partial charge on any atom is 0.129 e. The minimum atomic E-state index is -1.30. The van der Waals surface area contributed by atoms with Crippen LogP contribution >= 0.6 is 0 Å². The van der Waals surface area contributed by atoms with Gasteiger partial charge < -0.3 is 0 Å². The van der Waals surface area contributed by atoms with E-state index < -0.39 is 8.07 Å². The zero-order chi connectivity index (χ0) is 13.4. The predicted octanol–water partition coefficient (Wildman–Crippen LogP) is 3.35. The Labute approximate surface area is 110 Å². The van der Waals surface area contributed by atoms with Crippen molar-refractivity contribution in [2.75, 3.05) is 0 Å². The molecular weight excluding hydrogens is 234 g/mol. The lowest BCUT2D eigenvalue weighted by molar-refractivity contribution is 1.47. The summed E-state index contributed by atoms with van der Waals surface area (Å²) in [4.78, 5) is 0. The molecule has 0 saturated heterocycles. The molecule has 0 heterocycles. The van der Waals surface area contributed by atoms with Crippen LogP contribution in [0.25, 0.3) is 0 Å². The minimum absolute atomic E-state index is 0.603. The van der Waals surface area contributed by atoms with Crippen molar-refractivity contribution in [1.29, 1.82) is 5.26 Å². The first-order valence-corrected chi connectivity index (χ1v) is 9.21. The normalized spacial score (nSPS) is 9.89. The van der Waals surface area contributed by atoms with Crippen LogP contribution in [-0.4, -0.2) is 8.07 Å². The molecule has 18 heavy (non-hydrogen) atoms. The molecule has 0 aliphatic carbocycles. The van der Waals surface area contributed by atoms with Gasteiger partial charge in [0.15, 0.2) is 0 Å². The molecule has 0 aliphatic heterocycles. The van der Waals surface area contributed by atoms with Gasteiger partial charge in [-0.15, -0.1) is 5.54 Å². The fourth-order valence-corrected chi connectivity index (χ4v) is 1.67. The van der Waals surface area contributed by atoms with Crippen molar-refractivity contribution in [3.63, 3.8) is 0 Å². The molecule has 1 rings (SSSR count). The van der Waals surface area contributed by atoms with Crippen LogP contribution in [0.5, 0.6) is 0 Å². The molecule has 1 nitrogen and oxygen atoms in total. The van der Waals surface area contributed by atoms with Gasteiger partial charge in [0.2, 0.25) is 0 Å². The molecule has 0 unspecified atom stereocenters. The number of hydrogen-bond donors (Lipinski definition) is 0. The highest BCUT2D eigenvalue weighted by atomic mass is 28.3. The van der Waals surface area contributed by atoms with Crippen LogP contribution in [0.15, 0.2) is 36.4 Å². The molecule has 1 aromatic carbocycles. The molecule has 0 fully saturated rings. The molecule has 0 aliphatic rings. The Morgan fingerprint density at radius 3 is 2.22 bits per heavy atom. The Balaban J connectivity index is 2.76. The Morgan fingerprint density at radius 1 is 1.00 bits per heavy atom. The first-order chi connectivity index (χ1) is 8.53.